The Kier molecular flexibility index (Phi) is 3.93. The second-order valence-corrected chi connectivity index (χ2v) is 4.99. The summed E-state index contributed by atoms with van der Waals surface area (Å²) in [7, 11) is 0. The quantitative estimate of drug-likeness (QED) is 0.694. The highest BCUT2D eigenvalue weighted by Gasteiger charge is 2.14. The fraction of sp³-hybridized carbons (Fsp3) is 0.0667. The lowest BCUT2D eigenvalue weighted by Crippen LogP contribution is -2.14. The minimum Gasteiger partial charge on any atom is -0.292 e. The molecule has 0 aliphatic heterocycles. The van der Waals surface area contributed by atoms with Crippen molar-refractivity contribution in [3.63, 3.8) is 0 Å². The molecule has 3 rings (SSSR count). The maximum absolute atomic E-state index is 13.6. The number of halogens is 2. The summed E-state index contributed by atoms with van der Waals surface area (Å²) in [5, 5.41) is 12.3. The van der Waals surface area contributed by atoms with Crippen molar-refractivity contribution >= 4 is 17.4 Å². The van der Waals surface area contributed by atoms with Gasteiger partial charge in [-0.15, -0.1) is 10.2 Å². The molecule has 0 atom stereocenters. The number of carbonyl (C=O) groups is 1. The van der Waals surface area contributed by atoms with E-state index < -0.39 is 11.6 Å². The van der Waals surface area contributed by atoms with Crippen LogP contribution in [0.4, 0.5) is 4.39 Å². The molecular weight excluding hydrogens is 307 g/mol. The molecule has 0 fully saturated rings. The summed E-state index contributed by atoms with van der Waals surface area (Å²) in [4.78, 5) is 13.2. The zero-order valence-electron chi connectivity index (χ0n) is 11.3. The minimum absolute atomic E-state index is 0.00380. The van der Waals surface area contributed by atoms with Crippen molar-refractivity contribution in [2.45, 2.75) is 6.54 Å². The second-order valence-electron chi connectivity index (χ2n) is 4.56. The number of aromatic nitrogens is 4. The third kappa shape index (κ3) is 3.01. The van der Waals surface area contributed by atoms with Crippen LogP contribution in [0.25, 0.3) is 11.4 Å². The first-order valence-electron chi connectivity index (χ1n) is 6.45. The fourth-order valence-corrected chi connectivity index (χ4v) is 2.14. The normalized spacial score (nSPS) is 10.6. The topological polar surface area (TPSA) is 60.7 Å². The van der Waals surface area contributed by atoms with E-state index in [4.69, 9.17) is 11.6 Å². The Balaban J connectivity index is 1.80. The molecular formula is C15H10ClFN4O. The predicted octanol–water partition coefficient (Wildman–Crippen LogP) is 3.02. The smallest absolute Gasteiger partial charge is 0.204 e. The van der Waals surface area contributed by atoms with E-state index in [2.05, 4.69) is 15.4 Å². The molecule has 0 saturated heterocycles. The van der Waals surface area contributed by atoms with Crippen molar-refractivity contribution in [3.05, 3.63) is 64.9 Å². The molecule has 0 radical (unpaired) electrons. The number of Topliss-reactive ketones (excluding diaryl/α,β-unsaturated/α-hetero) is 1. The highest BCUT2D eigenvalue weighted by atomic mass is 35.5. The fourth-order valence-electron chi connectivity index (χ4n) is 1.95. The number of benzene rings is 2. The summed E-state index contributed by atoms with van der Waals surface area (Å²) in [6.07, 6.45) is 0. The molecule has 7 heteroatoms. The van der Waals surface area contributed by atoms with Crippen LogP contribution in [-0.4, -0.2) is 26.0 Å². The van der Waals surface area contributed by atoms with Crippen molar-refractivity contribution in [1.82, 2.24) is 20.2 Å². The molecule has 5 nitrogen and oxygen atoms in total. The molecule has 0 saturated carbocycles. The van der Waals surface area contributed by atoms with E-state index in [1.807, 2.05) is 0 Å². The van der Waals surface area contributed by atoms with Crippen LogP contribution in [0.15, 0.2) is 48.5 Å². The Morgan fingerprint density at radius 1 is 1.18 bits per heavy atom. The van der Waals surface area contributed by atoms with Crippen LogP contribution in [0, 0.1) is 5.82 Å². The molecule has 22 heavy (non-hydrogen) atoms. The van der Waals surface area contributed by atoms with Gasteiger partial charge in [0.05, 0.1) is 5.56 Å². The SMILES string of the molecule is O=C(Cn1nnc(-c2cccc(Cl)c2)n1)c1ccccc1F. The lowest BCUT2D eigenvalue weighted by molar-refractivity contribution is 0.0957. The molecule has 0 unspecified atom stereocenters. The largest absolute Gasteiger partial charge is 0.292 e. The Hall–Kier alpha value is -2.60. The zero-order chi connectivity index (χ0) is 15.5. The number of nitrogens with zero attached hydrogens (tertiary/aromatic N) is 4. The Labute approximate surface area is 130 Å². The third-order valence-electron chi connectivity index (χ3n) is 2.99. The van der Waals surface area contributed by atoms with Gasteiger partial charge in [-0.3, -0.25) is 4.79 Å². The van der Waals surface area contributed by atoms with E-state index in [1.54, 1.807) is 30.3 Å². The van der Waals surface area contributed by atoms with Crippen LogP contribution >= 0.6 is 11.6 Å². The number of carbonyl (C=O) groups excluding carboxylic acids is 1. The third-order valence-corrected chi connectivity index (χ3v) is 3.23. The van der Waals surface area contributed by atoms with E-state index in [0.29, 0.717) is 16.4 Å². The molecule has 1 aromatic heterocycles. The van der Waals surface area contributed by atoms with Gasteiger partial charge < -0.3 is 0 Å². The van der Waals surface area contributed by atoms with Crippen molar-refractivity contribution < 1.29 is 9.18 Å². The van der Waals surface area contributed by atoms with Crippen molar-refractivity contribution in [2.24, 2.45) is 0 Å². The van der Waals surface area contributed by atoms with Crippen LogP contribution in [0.1, 0.15) is 10.4 Å². The minimum atomic E-state index is -0.567. The Morgan fingerprint density at radius 3 is 2.77 bits per heavy atom. The first kappa shape index (κ1) is 14.3. The molecule has 0 amide bonds. The monoisotopic (exact) mass is 316 g/mol. The van der Waals surface area contributed by atoms with Crippen LogP contribution in [-0.2, 0) is 6.54 Å². The Bertz CT molecular complexity index is 834. The van der Waals surface area contributed by atoms with E-state index in [9.17, 15) is 9.18 Å². The summed E-state index contributed by atoms with van der Waals surface area (Å²) in [6.45, 7) is -0.186. The molecule has 0 N–H and O–H groups in total. The van der Waals surface area contributed by atoms with E-state index in [-0.39, 0.29) is 12.1 Å². The maximum Gasteiger partial charge on any atom is 0.204 e. The van der Waals surface area contributed by atoms with Gasteiger partial charge in [-0.1, -0.05) is 35.9 Å². The molecule has 3 aromatic rings. The zero-order valence-corrected chi connectivity index (χ0v) is 12.0. The standard InChI is InChI=1S/C15H10ClFN4O/c16-11-5-3-4-10(8-11)15-18-20-21(19-15)9-14(22)12-6-1-2-7-13(12)17/h1-8H,9H2. The molecule has 2 aromatic carbocycles. The van der Waals surface area contributed by atoms with E-state index >= 15 is 0 Å². The maximum atomic E-state index is 13.6. The predicted molar refractivity (Wildman–Crippen MR) is 79.0 cm³/mol. The van der Waals surface area contributed by atoms with Gasteiger partial charge >= 0.3 is 0 Å². The Morgan fingerprint density at radius 2 is 2.00 bits per heavy atom. The van der Waals surface area contributed by atoms with Crippen molar-refractivity contribution in [1.29, 1.82) is 0 Å². The van der Waals surface area contributed by atoms with Gasteiger partial charge in [0.2, 0.25) is 5.82 Å². The average Bonchev–Trinajstić information content (AvgIpc) is 2.96. The number of tetrazole rings is 1. The summed E-state index contributed by atoms with van der Waals surface area (Å²) in [5.74, 6) is -0.639. The van der Waals surface area contributed by atoms with Crippen LogP contribution in [0.5, 0.6) is 0 Å². The molecule has 0 bridgehead atoms. The lowest BCUT2D eigenvalue weighted by Gasteiger charge is -2.00. The van der Waals surface area contributed by atoms with Gasteiger partial charge in [-0.25, -0.2) is 4.39 Å². The van der Waals surface area contributed by atoms with Gasteiger partial charge in [0.25, 0.3) is 0 Å². The molecule has 0 spiro atoms. The van der Waals surface area contributed by atoms with Crippen LogP contribution in [0.3, 0.4) is 0 Å². The van der Waals surface area contributed by atoms with Crippen molar-refractivity contribution in [3.8, 4) is 11.4 Å². The summed E-state index contributed by atoms with van der Waals surface area (Å²) >= 11 is 5.90. The summed E-state index contributed by atoms with van der Waals surface area (Å²) in [6, 6.07) is 12.8. The highest BCUT2D eigenvalue weighted by molar-refractivity contribution is 6.30. The lowest BCUT2D eigenvalue weighted by atomic mass is 10.1. The average molecular weight is 317 g/mol. The van der Waals surface area contributed by atoms with Gasteiger partial charge in [-0.2, -0.15) is 4.80 Å². The van der Waals surface area contributed by atoms with Gasteiger partial charge in [0.1, 0.15) is 12.4 Å². The van der Waals surface area contributed by atoms with Crippen LogP contribution < -0.4 is 0 Å². The number of hydrogen-bond acceptors (Lipinski definition) is 4. The van der Waals surface area contributed by atoms with E-state index in [1.165, 1.54) is 18.2 Å². The second kappa shape index (κ2) is 6.03. The van der Waals surface area contributed by atoms with Gasteiger partial charge in [-0.05, 0) is 29.5 Å². The van der Waals surface area contributed by atoms with Crippen molar-refractivity contribution in [2.75, 3.05) is 0 Å². The van der Waals surface area contributed by atoms with Gasteiger partial charge in [0, 0.05) is 10.6 Å². The summed E-state index contributed by atoms with van der Waals surface area (Å²) < 4.78 is 13.6. The molecule has 0 aliphatic carbocycles. The molecule has 110 valence electrons. The number of rotatable bonds is 4. The summed E-state index contributed by atoms with van der Waals surface area (Å²) in [5.41, 5.74) is 0.696. The number of ketones is 1. The molecule has 1 heterocycles. The number of hydrogen-bond donors (Lipinski definition) is 0. The van der Waals surface area contributed by atoms with Gasteiger partial charge in [0.15, 0.2) is 5.78 Å². The molecule has 0 aliphatic rings. The van der Waals surface area contributed by atoms with Crippen LogP contribution in [0.2, 0.25) is 5.02 Å². The first-order chi connectivity index (χ1) is 10.6. The highest BCUT2D eigenvalue weighted by Crippen LogP contribution is 2.18. The first-order valence-corrected chi connectivity index (χ1v) is 6.83. The van der Waals surface area contributed by atoms with E-state index in [0.717, 1.165) is 4.80 Å².